The van der Waals surface area contributed by atoms with E-state index < -0.39 is 0 Å². The Bertz CT molecular complexity index is 1270. The highest BCUT2D eigenvalue weighted by Crippen LogP contribution is 2.43. The number of hydrogen-bond acceptors (Lipinski definition) is 6. The van der Waals surface area contributed by atoms with Gasteiger partial charge in [-0.2, -0.15) is 0 Å². The summed E-state index contributed by atoms with van der Waals surface area (Å²) < 4.78 is 12.6. The number of aryl methyl sites for hydroxylation is 1. The second-order valence-corrected chi connectivity index (χ2v) is 10.5. The molecule has 0 bridgehead atoms. The average molecular weight is 437 g/mol. The van der Waals surface area contributed by atoms with Crippen molar-refractivity contribution in [1.82, 2.24) is 19.6 Å². The molecule has 1 aliphatic carbocycles. The highest BCUT2D eigenvalue weighted by atomic mass is 32.1. The van der Waals surface area contributed by atoms with Crippen LogP contribution >= 0.6 is 11.3 Å². The van der Waals surface area contributed by atoms with E-state index in [2.05, 4.69) is 20.8 Å². The zero-order valence-electron chi connectivity index (χ0n) is 18.7. The number of methoxy groups -OCH3 is 2. The first-order chi connectivity index (χ1) is 14.9. The summed E-state index contributed by atoms with van der Waals surface area (Å²) in [5, 5.41) is 5.91. The summed E-state index contributed by atoms with van der Waals surface area (Å²) in [6.45, 7) is 7.06. The van der Waals surface area contributed by atoms with Crippen LogP contribution in [0.4, 0.5) is 0 Å². The highest BCUT2D eigenvalue weighted by Gasteiger charge is 2.31. The van der Waals surface area contributed by atoms with Crippen LogP contribution in [0.2, 0.25) is 0 Å². The van der Waals surface area contributed by atoms with E-state index >= 15 is 0 Å². The number of hydrogen-bond donors (Lipinski definition) is 0. The van der Waals surface area contributed by atoms with Gasteiger partial charge >= 0.3 is 0 Å². The Kier molecular flexibility index (Phi) is 4.88. The Morgan fingerprint density at radius 2 is 1.97 bits per heavy atom. The van der Waals surface area contributed by atoms with Crippen molar-refractivity contribution in [2.24, 2.45) is 11.3 Å². The molecule has 0 spiro atoms. The van der Waals surface area contributed by atoms with E-state index in [0.717, 1.165) is 40.5 Å². The van der Waals surface area contributed by atoms with E-state index in [4.69, 9.17) is 24.5 Å². The van der Waals surface area contributed by atoms with Crippen LogP contribution in [0, 0.1) is 11.3 Å². The third-order valence-corrected chi connectivity index (χ3v) is 7.63. The van der Waals surface area contributed by atoms with Gasteiger partial charge in [-0.15, -0.1) is 16.4 Å². The van der Waals surface area contributed by atoms with E-state index in [0.29, 0.717) is 23.5 Å². The normalized spacial score (nSPS) is 16.6. The van der Waals surface area contributed by atoms with Crippen LogP contribution in [0.25, 0.3) is 15.9 Å². The topological polar surface area (TPSA) is 61.5 Å². The Morgan fingerprint density at radius 3 is 2.71 bits per heavy atom. The molecule has 3 heterocycles. The molecule has 0 N–H and O–H groups in total. The molecule has 3 aromatic heterocycles. The number of thiophene rings is 1. The molecule has 4 aromatic rings. The van der Waals surface area contributed by atoms with Crippen LogP contribution in [0.15, 0.2) is 24.5 Å². The van der Waals surface area contributed by atoms with Crippen molar-refractivity contribution >= 4 is 27.2 Å². The smallest absolute Gasteiger partial charge is 0.167 e. The fraction of sp³-hybridized carbons (Fsp3) is 0.458. The van der Waals surface area contributed by atoms with E-state index in [1.54, 1.807) is 20.5 Å². The summed E-state index contributed by atoms with van der Waals surface area (Å²) in [5.74, 6) is 2.93. The fourth-order valence-corrected chi connectivity index (χ4v) is 5.87. The van der Waals surface area contributed by atoms with Crippen LogP contribution in [0.5, 0.6) is 11.5 Å². The molecule has 5 rings (SSSR count). The van der Waals surface area contributed by atoms with E-state index in [1.807, 2.05) is 34.1 Å². The molecule has 0 saturated heterocycles. The molecule has 1 unspecified atom stereocenters. The Labute approximate surface area is 186 Å². The lowest BCUT2D eigenvalue weighted by molar-refractivity contribution is 0.218. The quantitative estimate of drug-likeness (QED) is 0.445. The molecule has 1 atom stereocenters. The van der Waals surface area contributed by atoms with Crippen molar-refractivity contribution in [1.29, 1.82) is 0 Å². The predicted octanol–water partition coefficient (Wildman–Crippen LogP) is 5.10. The number of ether oxygens (including phenoxy) is 2. The standard InChI is InChI=1S/C24H28N4O2S/c1-24(2,3)15-7-8-16-19(12-15)31-23-21(16)22-26-20(27-28(22)13-25-23)11-14-6-9-17(29-4)18(10-14)30-5/h6,9-10,13,15H,7-8,11-12H2,1-5H3. The summed E-state index contributed by atoms with van der Waals surface area (Å²) in [5.41, 5.74) is 3.77. The zero-order valence-corrected chi connectivity index (χ0v) is 19.5. The van der Waals surface area contributed by atoms with E-state index in [9.17, 15) is 0 Å². The van der Waals surface area contributed by atoms with Gasteiger partial charge in [0.05, 0.1) is 19.6 Å². The molecular weight excluding hydrogens is 408 g/mol. The van der Waals surface area contributed by atoms with Crippen molar-refractivity contribution in [2.75, 3.05) is 14.2 Å². The lowest BCUT2D eigenvalue weighted by atomic mass is 9.72. The van der Waals surface area contributed by atoms with Gasteiger partial charge in [0.2, 0.25) is 0 Å². The van der Waals surface area contributed by atoms with Crippen LogP contribution in [-0.4, -0.2) is 33.8 Å². The molecule has 0 amide bonds. The number of fused-ring (bicyclic) bond motifs is 5. The van der Waals surface area contributed by atoms with Gasteiger partial charge in [0.15, 0.2) is 23.0 Å². The van der Waals surface area contributed by atoms with Crippen molar-refractivity contribution in [3.63, 3.8) is 0 Å². The second kappa shape index (κ2) is 7.48. The highest BCUT2D eigenvalue weighted by molar-refractivity contribution is 7.19. The van der Waals surface area contributed by atoms with Crippen LogP contribution in [-0.2, 0) is 19.3 Å². The van der Waals surface area contributed by atoms with Gasteiger partial charge in [-0.05, 0) is 53.9 Å². The molecule has 0 aliphatic heterocycles. The summed E-state index contributed by atoms with van der Waals surface area (Å²) in [4.78, 5) is 12.2. The minimum Gasteiger partial charge on any atom is -0.493 e. The van der Waals surface area contributed by atoms with Gasteiger partial charge in [0, 0.05) is 11.3 Å². The number of benzene rings is 1. The van der Waals surface area contributed by atoms with Gasteiger partial charge in [-0.1, -0.05) is 26.8 Å². The first-order valence-electron chi connectivity index (χ1n) is 10.7. The molecule has 162 valence electrons. The lowest BCUT2D eigenvalue weighted by Gasteiger charge is -2.33. The Balaban J connectivity index is 1.52. The largest absolute Gasteiger partial charge is 0.493 e. The SMILES string of the molecule is COc1ccc(Cc2nc3c4c5c(sc4ncn3n2)CC(C(C)(C)C)CC5)cc1OC. The maximum atomic E-state index is 5.44. The van der Waals surface area contributed by atoms with E-state index in [1.165, 1.54) is 22.2 Å². The fourth-order valence-electron chi connectivity index (χ4n) is 4.61. The van der Waals surface area contributed by atoms with Gasteiger partial charge in [0.1, 0.15) is 11.2 Å². The molecule has 0 fully saturated rings. The summed E-state index contributed by atoms with van der Waals surface area (Å²) in [7, 11) is 3.29. The van der Waals surface area contributed by atoms with Gasteiger partial charge in [-0.25, -0.2) is 14.5 Å². The molecule has 7 heteroatoms. The molecule has 31 heavy (non-hydrogen) atoms. The second-order valence-electron chi connectivity index (χ2n) is 9.40. The molecule has 0 radical (unpaired) electrons. The molecule has 1 aromatic carbocycles. The molecule has 0 saturated carbocycles. The van der Waals surface area contributed by atoms with Crippen molar-refractivity contribution in [2.45, 2.75) is 46.5 Å². The van der Waals surface area contributed by atoms with E-state index in [-0.39, 0.29) is 0 Å². The summed E-state index contributed by atoms with van der Waals surface area (Å²) in [6.07, 6.45) is 5.87. The molecular formula is C24H28N4O2S. The Hall–Kier alpha value is -2.67. The minimum absolute atomic E-state index is 0.331. The minimum atomic E-state index is 0.331. The predicted molar refractivity (Wildman–Crippen MR) is 123 cm³/mol. The first-order valence-corrected chi connectivity index (χ1v) is 11.5. The summed E-state index contributed by atoms with van der Waals surface area (Å²) >= 11 is 1.83. The molecule has 6 nitrogen and oxygen atoms in total. The average Bonchev–Trinajstić information content (AvgIpc) is 3.32. The Morgan fingerprint density at radius 1 is 1.16 bits per heavy atom. The van der Waals surface area contributed by atoms with Gasteiger partial charge in [0.25, 0.3) is 0 Å². The number of nitrogens with zero attached hydrogens (tertiary/aromatic N) is 4. The van der Waals surface area contributed by atoms with Gasteiger partial charge in [-0.3, -0.25) is 0 Å². The molecule has 1 aliphatic rings. The third-order valence-electron chi connectivity index (χ3n) is 6.46. The maximum Gasteiger partial charge on any atom is 0.167 e. The lowest BCUT2D eigenvalue weighted by Crippen LogP contribution is -2.26. The van der Waals surface area contributed by atoms with Crippen LogP contribution in [0.1, 0.15) is 49.0 Å². The monoisotopic (exact) mass is 436 g/mol. The third kappa shape index (κ3) is 3.55. The number of rotatable bonds is 4. The van der Waals surface area contributed by atoms with Crippen molar-refractivity contribution in [3.05, 3.63) is 46.4 Å². The summed E-state index contributed by atoms with van der Waals surface area (Å²) in [6, 6.07) is 5.93. The zero-order chi connectivity index (χ0) is 21.8. The number of aromatic nitrogens is 4. The van der Waals surface area contributed by atoms with Crippen molar-refractivity contribution in [3.8, 4) is 11.5 Å². The van der Waals surface area contributed by atoms with Gasteiger partial charge < -0.3 is 9.47 Å². The maximum absolute atomic E-state index is 5.44. The van der Waals surface area contributed by atoms with Crippen LogP contribution < -0.4 is 9.47 Å². The first kappa shape index (κ1) is 20.2. The van der Waals surface area contributed by atoms with Crippen LogP contribution in [0.3, 0.4) is 0 Å². The van der Waals surface area contributed by atoms with Crippen molar-refractivity contribution < 1.29 is 9.47 Å².